The second kappa shape index (κ2) is 4.28. The minimum absolute atomic E-state index is 0.00138. The van der Waals surface area contributed by atoms with Gasteiger partial charge in [0.25, 0.3) is 0 Å². The van der Waals surface area contributed by atoms with Crippen molar-refractivity contribution in [1.82, 2.24) is 10.6 Å². The molecule has 0 aromatic heterocycles. The monoisotopic (exact) mass is 198 g/mol. The van der Waals surface area contributed by atoms with Crippen LogP contribution in [0.25, 0.3) is 0 Å². The zero-order valence-electron chi connectivity index (χ0n) is 8.33. The quantitative estimate of drug-likeness (QED) is 0.574. The second-order valence-electron chi connectivity index (χ2n) is 4.33. The number of amides is 1. The maximum absolute atomic E-state index is 11.7. The Kier molecular flexibility index (Phi) is 3.03. The van der Waals surface area contributed by atoms with Gasteiger partial charge in [-0.1, -0.05) is 6.42 Å². The SMILES string of the molecule is O=C(NC1CC(O)C1)[C@@H]1CCCCN1. The topological polar surface area (TPSA) is 61.4 Å². The van der Waals surface area contributed by atoms with E-state index in [1.165, 1.54) is 6.42 Å². The Labute approximate surface area is 84.1 Å². The Morgan fingerprint density at radius 1 is 1.36 bits per heavy atom. The van der Waals surface area contributed by atoms with E-state index in [9.17, 15) is 4.79 Å². The van der Waals surface area contributed by atoms with Crippen LogP contribution in [-0.2, 0) is 4.79 Å². The van der Waals surface area contributed by atoms with E-state index in [1.807, 2.05) is 0 Å². The van der Waals surface area contributed by atoms with Gasteiger partial charge in [0.05, 0.1) is 12.1 Å². The summed E-state index contributed by atoms with van der Waals surface area (Å²) in [5.74, 6) is 0.113. The lowest BCUT2D eigenvalue weighted by Crippen LogP contribution is -2.53. The maximum atomic E-state index is 11.7. The number of aliphatic hydroxyl groups excluding tert-OH is 1. The molecule has 4 heteroatoms. The molecule has 1 heterocycles. The average Bonchev–Trinajstić information content (AvgIpc) is 2.17. The van der Waals surface area contributed by atoms with Crippen LogP contribution in [0.15, 0.2) is 0 Å². The number of hydrogen-bond donors (Lipinski definition) is 3. The minimum Gasteiger partial charge on any atom is -0.393 e. The number of hydrogen-bond acceptors (Lipinski definition) is 3. The molecule has 1 aliphatic carbocycles. The molecule has 0 bridgehead atoms. The summed E-state index contributed by atoms with van der Waals surface area (Å²) in [6.07, 6.45) is 4.50. The third-order valence-corrected chi connectivity index (χ3v) is 3.09. The van der Waals surface area contributed by atoms with Crippen LogP contribution in [0.1, 0.15) is 32.1 Å². The first-order valence-corrected chi connectivity index (χ1v) is 5.47. The highest BCUT2D eigenvalue weighted by atomic mass is 16.3. The molecule has 3 N–H and O–H groups in total. The Morgan fingerprint density at radius 2 is 2.14 bits per heavy atom. The fraction of sp³-hybridized carbons (Fsp3) is 0.900. The number of nitrogens with one attached hydrogen (secondary N) is 2. The molecule has 0 unspecified atom stereocenters. The highest BCUT2D eigenvalue weighted by molar-refractivity contribution is 5.82. The van der Waals surface area contributed by atoms with Crippen LogP contribution < -0.4 is 10.6 Å². The van der Waals surface area contributed by atoms with Crippen LogP contribution in [0.4, 0.5) is 0 Å². The number of piperidine rings is 1. The molecule has 1 saturated carbocycles. The molecule has 80 valence electrons. The zero-order chi connectivity index (χ0) is 9.97. The van der Waals surface area contributed by atoms with Crippen LogP contribution in [0.3, 0.4) is 0 Å². The van der Waals surface area contributed by atoms with Crippen LogP contribution in [0, 0.1) is 0 Å². The van der Waals surface area contributed by atoms with Crippen LogP contribution in [0.2, 0.25) is 0 Å². The summed E-state index contributed by atoms with van der Waals surface area (Å²) in [6.45, 7) is 0.950. The van der Waals surface area contributed by atoms with Crippen LogP contribution in [-0.4, -0.2) is 35.7 Å². The van der Waals surface area contributed by atoms with Gasteiger partial charge in [-0.25, -0.2) is 0 Å². The summed E-state index contributed by atoms with van der Waals surface area (Å²) >= 11 is 0. The third kappa shape index (κ3) is 2.25. The van der Waals surface area contributed by atoms with Crippen LogP contribution >= 0.6 is 0 Å². The lowest BCUT2D eigenvalue weighted by atomic mass is 9.89. The fourth-order valence-corrected chi connectivity index (χ4v) is 2.08. The van der Waals surface area contributed by atoms with Crippen molar-refractivity contribution in [1.29, 1.82) is 0 Å². The molecule has 2 fully saturated rings. The first kappa shape index (κ1) is 9.93. The molecular formula is C10H18N2O2. The molecular weight excluding hydrogens is 180 g/mol. The highest BCUT2D eigenvalue weighted by Crippen LogP contribution is 2.19. The molecule has 0 aromatic rings. The van der Waals surface area contributed by atoms with E-state index in [4.69, 9.17) is 5.11 Å². The molecule has 1 atom stereocenters. The highest BCUT2D eigenvalue weighted by Gasteiger charge is 2.30. The van der Waals surface area contributed by atoms with Gasteiger partial charge >= 0.3 is 0 Å². The summed E-state index contributed by atoms with van der Waals surface area (Å²) in [5.41, 5.74) is 0. The number of aliphatic hydroxyl groups is 1. The Balaban J connectivity index is 1.71. The van der Waals surface area contributed by atoms with Crippen molar-refractivity contribution in [3.8, 4) is 0 Å². The summed E-state index contributed by atoms with van der Waals surface area (Å²) < 4.78 is 0. The number of carbonyl (C=O) groups excluding carboxylic acids is 1. The van der Waals surface area contributed by atoms with Gasteiger partial charge in [-0.3, -0.25) is 4.79 Å². The predicted octanol–water partition coefficient (Wildman–Crippen LogP) is -0.232. The molecule has 2 aliphatic rings. The molecule has 2 rings (SSSR count). The van der Waals surface area contributed by atoms with Gasteiger partial charge in [-0.05, 0) is 32.2 Å². The minimum atomic E-state index is -0.195. The Morgan fingerprint density at radius 3 is 2.71 bits per heavy atom. The van der Waals surface area contributed by atoms with Crippen LogP contribution in [0.5, 0.6) is 0 Å². The molecule has 0 aromatic carbocycles. The zero-order valence-corrected chi connectivity index (χ0v) is 8.33. The van der Waals surface area contributed by atoms with E-state index in [0.29, 0.717) is 0 Å². The Hall–Kier alpha value is -0.610. The summed E-state index contributed by atoms with van der Waals surface area (Å²) in [6, 6.07) is 0.211. The Bertz CT molecular complexity index is 208. The van der Waals surface area contributed by atoms with Gasteiger partial charge in [0.2, 0.25) is 5.91 Å². The van der Waals surface area contributed by atoms with Crippen molar-refractivity contribution in [2.45, 2.75) is 50.3 Å². The summed E-state index contributed by atoms with van der Waals surface area (Å²) in [5, 5.41) is 15.2. The summed E-state index contributed by atoms with van der Waals surface area (Å²) in [4.78, 5) is 11.7. The molecule has 1 saturated heterocycles. The van der Waals surface area contributed by atoms with Gasteiger partial charge in [0, 0.05) is 6.04 Å². The van der Waals surface area contributed by atoms with E-state index >= 15 is 0 Å². The van der Waals surface area contributed by atoms with Gasteiger partial charge in [-0.2, -0.15) is 0 Å². The van der Waals surface area contributed by atoms with E-state index in [1.54, 1.807) is 0 Å². The third-order valence-electron chi connectivity index (χ3n) is 3.09. The smallest absolute Gasteiger partial charge is 0.237 e. The largest absolute Gasteiger partial charge is 0.393 e. The summed E-state index contributed by atoms with van der Waals surface area (Å²) in [7, 11) is 0. The lowest BCUT2D eigenvalue weighted by molar-refractivity contribution is -0.125. The van der Waals surface area contributed by atoms with Gasteiger partial charge < -0.3 is 15.7 Å². The molecule has 0 radical (unpaired) electrons. The molecule has 1 aliphatic heterocycles. The molecule has 14 heavy (non-hydrogen) atoms. The second-order valence-corrected chi connectivity index (χ2v) is 4.33. The normalized spacial score (nSPS) is 37.4. The fourth-order valence-electron chi connectivity index (χ4n) is 2.08. The predicted molar refractivity (Wildman–Crippen MR) is 52.8 cm³/mol. The van der Waals surface area contributed by atoms with Crippen molar-refractivity contribution in [2.75, 3.05) is 6.54 Å². The van der Waals surface area contributed by atoms with Crippen molar-refractivity contribution in [2.24, 2.45) is 0 Å². The first-order valence-electron chi connectivity index (χ1n) is 5.47. The van der Waals surface area contributed by atoms with E-state index < -0.39 is 0 Å². The van der Waals surface area contributed by atoms with Gasteiger partial charge in [0.1, 0.15) is 0 Å². The van der Waals surface area contributed by atoms with E-state index in [0.717, 1.165) is 32.2 Å². The lowest BCUT2D eigenvalue weighted by Gasteiger charge is -2.34. The molecule has 4 nitrogen and oxygen atoms in total. The van der Waals surface area contributed by atoms with Crippen molar-refractivity contribution in [3.63, 3.8) is 0 Å². The van der Waals surface area contributed by atoms with Crippen molar-refractivity contribution in [3.05, 3.63) is 0 Å². The van der Waals surface area contributed by atoms with Crippen molar-refractivity contribution >= 4 is 5.91 Å². The van der Waals surface area contributed by atoms with Gasteiger partial charge in [0.15, 0.2) is 0 Å². The maximum Gasteiger partial charge on any atom is 0.237 e. The average molecular weight is 198 g/mol. The van der Waals surface area contributed by atoms with Gasteiger partial charge in [-0.15, -0.1) is 0 Å². The number of rotatable bonds is 2. The van der Waals surface area contributed by atoms with E-state index in [2.05, 4.69) is 10.6 Å². The first-order chi connectivity index (χ1) is 6.75. The molecule has 0 spiro atoms. The molecule has 1 amide bonds. The van der Waals surface area contributed by atoms with Crippen molar-refractivity contribution < 1.29 is 9.90 Å². The number of carbonyl (C=O) groups is 1. The standard InChI is InChI=1S/C10H18N2O2/c13-8-5-7(6-8)12-10(14)9-3-1-2-4-11-9/h7-9,11,13H,1-6H2,(H,12,14)/t7?,8?,9-/m0/s1. The van der Waals surface area contributed by atoms with E-state index in [-0.39, 0.29) is 24.1 Å².